The van der Waals surface area contributed by atoms with E-state index < -0.39 is 97.5 Å². The SMILES string of the molecule is CC(C)CCCCCCCCCCCCCCCCCCC(=O)O[C@H](COC(=O)CCCCCCCCCCCC(C)C)COP(=O)(O)OC[C@@H](O)COP(=O)(O)OC[C@@H](COC(=O)CCCCCCCCC(C)C)OC(=O)CCCCCCCCCCCCCCCC(C)C. The van der Waals surface area contributed by atoms with Gasteiger partial charge in [0.2, 0.25) is 0 Å². The Kier molecular flexibility index (Phi) is 65.0. The maximum absolute atomic E-state index is 13.1. The predicted octanol–water partition coefficient (Wildman–Crippen LogP) is 22.4. The molecule has 0 bridgehead atoms. The molecule has 0 aliphatic rings. The molecule has 3 N–H and O–H groups in total. The number of aliphatic hydroxyl groups is 1. The smallest absolute Gasteiger partial charge is 0.462 e. The molecule has 570 valence electrons. The van der Waals surface area contributed by atoms with Crippen molar-refractivity contribution in [2.45, 2.75) is 408 Å². The summed E-state index contributed by atoms with van der Waals surface area (Å²) in [5.74, 6) is 0.898. The standard InChI is InChI=1S/C77H150O17P2/c1-67(2)53-45-37-29-23-18-14-11-9-10-12-16-20-26-33-43-51-59-76(81)93-72(63-87-74(79)57-49-41-32-28-22-25-31-39-47-55-69(5)6)65-91-95(83,84)89-61-71(78)62-90-96(85,86)92-66-73(64-88-75(80)58-50-42-36-35-40-48-56-70(7)8)94-77(82)60-52-44-34-27-21-17-13-15-19-24-30-38-46-54-68(3)4/h67-73,78H,9-66H2,1-8H3,(H,83,84)(H,85,86)/t71-,72-,73-/m1/s1. The van der Waals surface area contributed by atoms with Gasteiger partial charge in [0.05, 0.1) is 26.4 Å². The lowest BCUT2D eigenvalue weighted by Crippen LogP contribution is -2.30. The van der Waals surface area contributed by atoms with Gasteiger partial charge < -0.3 is 33.8 Å². The highest BCUT2D eigenvalue weighted by Gasteiger charge is 2.30. The van der Waals surface area contributed by atoms with Crippen molar-refractivity contribution in [2.24, 2.45) is 23.7 Å². The molecule has 19 heteroatoms. The Balaban J connectivity index is 5.21. The van der Waals surface area contributed by atoms with E-state index in [9.17, 15) is 43.2 Å². The Morgan fingerprint density at radius 3 is 0.646 bits per heavy atom. The lowest BCUT2D eigenvalue weighted by Gasteiger charge is -2.21. The van der Waals surface area contributed by atoms with Gasteiger partial charge in [0.1, 0.15) is 19.3 Å². The van der Waals surface area contributed by atoms with Gasteiger partial charge in [-0.3, -0.25) is 37.3 Å². The molecule has 0 spiro atoms. The lowest BCUT2D eigenvalue weighted by atomic mass is 10.0. The van der Waals surface area contributed by atoms with Gasteiger partial charge in [-0.1, -0.05) is 338 Å². The molecule has 0 aromatic heterocycles. The molecule has 0 aromatic rings. The number of carbonyl (C=O) groups excluding carboxylic acids is 4. The summed E-state index contributed by atoms with van der Waals surface area (Å²) in [5, 5.41) is 10.6. The molecule has 0 radical (unpaired) electrons. The number of ether oxygens (including phenoxy) is 4. The Labute approximate surface area is 588 Å². The van der Waals surface area contributed by atoms with E-state index >= 15 is 0 Å². The number of phosphoric ester groups is 2. The number of esters is 4. The van der Waals surface area contributed by atoms with Crippen molar-refractivity contribution >= 4 is 39.5 Å². The normalized spacial score (nSPS) is 14.1. The van der Waals surface area contributed by atoms with E-state index in [1.807, 2.05) is 0 Å². The molecule has 0 aliphatic carbocycles. The van der Waals surface area contributed by atoms with E-state index in [0.29, 0.717) is 31.6 Å². The van der Waals surface area contributed by atoms with Crippen molar-refractivity contribution in [1.29, 1.82) is 0 Å². The molecular formula is C77H150O17P2. The fourth-order valence-electron chi connectivity index (χ4n) is 11.7. The topological polar surface area (TPSA) is 237 Å². The first-order valence-corrected chi connectivity index (χ1v) is 42.7. The first kappa shape index (κ1) is 94.1. The minimum atomic E-state index is -4.96. The van der Waals surface area contributed by atoms with Crippen LogP contribution in [0, 0.1) is 23.7 Å². The molecule has 0 heterocycles. The number of rotatable bonds is 74. The van der Waals surface area contributed by atoms with Gasteiger partial charge in [0, 0.05) is 25.7 Å². The number of hydrogen-bond acceptors (Lipinski definition) is 15. The third-order valence-electron chi connectivity index (χ3n) is 17.8. The van der Waals surface area contributed by atoms with Crippen LogP contribution in [0.4, 0.5) is 0 Å². The Bertz CT molecular complexity index is 1880. The van der Waals surface area contributed by atoms with Crippen LogP contribution in [0.1, 0.15) is 389 Å². The van der Waals surface area contributed by atoms with E-state index in [0.717, 1.165) is 114 Å². The first-order valence-electron chi connectivity index (χ1n) is 39.7. The number of phosphoric acid groups is 2. The van der Waals surface area contributed by atoms with E-state index in [4.69, 9.17) is 37.0 Å². The summed E-state index contributed by atoms with van der Waals surface area (Å²) in [5.41, 5.74) is 0. The van der Waals surface area contributed by atoms with Crippen molar-refractivity contribution in [2.75, 3.05) is 39.6 Å². The van der Waals surface area contributed by atoms with E-state index in [1.165, 1.54) is 186 Å². The van der Waals surface area contributed by atoms with Gasteiger partial charge in [-0.15, -0.1) is 0 Å². The van der Waals surface area contributed by atoms with Crippen LogP contribution in [-0.4, -0.2) is 96.7 Å². The van der Waals surface area contributed by atoms with E-state index in [-0.39, 0.29) is 25.7 Å². The summed E-state index contributed by atoms with van der Waals surface area (Å²) in [7, 11) is -9.91. The molecule has 0 rings (SSSR count). The Morgan fingerprint density at radius 2 is 0.438 bits per heavy atom. The van der Waals surface area contributed by atoms with Crippen LogP contribution >= 0.6 is 15.6 Å². The molecule has 0 saturated carbocycles. The lowest BCUT2D eigenvalue weighted by molar-refractivity contribution is -0.161. The second kappa shape index (κ2) is 66.3. The fraction of sp³-hybridized carbons (Fsp3) is 0.948. The molecule has 0 aromatic carbocycles. The average Bonchev–Trinajstić information content (AvgIpc) is 1.36. The Hall–Kier alpha value is -1.94. The van der Waals surface area contributed by atoms with Gasteiger partial charge >= 0.3 is 39.5 Å². The molecule has 0 saturated heterocycles. The molecular weight excluding hydrogens is 1260 g/mol. The van der Waals surface area contributed by atoms with Gasteiger partial charge in [0.15, 0.2) is 12.2 Å². The zero-order valence-corrected chi connectivity index (χ0v) is 64.8. The summed E-state index contributed by atoms with van der Waals surface area (Å²) in [4.78, 5) is 72.8. The molecule has 0 aliphatic heterocycles. The molecule has 17 nitrogen and oxygen atoms in total. The van der Waals surface area contributed by atoms with Crippen molar-refractivity contribution in [1.82, 2.24) is 0 Å². The van der Waals surface area contributed by atoms with Crippen molar-refractivity contribution in [3.63, 3.8) is 0 Å². The summed E-state index contributed by atoms with van der Waals surface area (Å²) in [6.45, 7) is 14.2. The quantitative estimate of drug-likeness (QED) is 0.0222. The predicted molar refractivity (Wildman–Crippen MR) is 391 cm³/mol. The van der Waals surface area contributed by atoms with Crippen LogP contribution in [0.5, 0.6) is 0 Å². The van der Waals surface area contributed by atoms with Gasteiger partial charge in [0.25, 0.3) is 0 Å². The van der Waals surface area contributed by atoms with Crippen molar-refractivity contribution in [3.8, 4) is 0 Å². The maximum Gasteiger partial charge on any atom is 0.472 e. The maximum atomic E-state index is 13.1. The number of carbonyl (C=O) groups is 4. The fourth-order valence-corrected chi connectivity index (χ4v) is 13.3. The second-order valence-electron chi connectivity index (χ2n) is 29.7. The highest BCUT2D eigenvalue weighted by Crippen LogP contribution is 2.45. The third-order valence-corrected chi connectivity index (χ3v) is 19.7. The van der Waals surface area contributed by atoms with Crippen LogP contribution in [-0.2, 0) is 65.4 Å². The number of unbranched alkanes of at least 4 members (excludes halogenated alkanes) is 40. The zero-order valence-electron chi connectivity index (χ0n) is 63.0. The molecule has 5 atom stereocenters. The van der Waals surface area contributed by atoms with Crippen LogP contribution in [0.3, 0.4) is 0 Å². The highest BCUT2D eigenvalue weighted by molar-refractivity contribution is 7.47. The minimum absolute atomic E-state index is 0.106. The van der Waals surface area contributed by atoms with Crippen LogP contribution < -0.4 is 0 Å². The summed E-state index contributed by atoms with van der Waals surface area (Å²) < 4.78 is 68.5. The summed E-state index contributed by atoms with van der Waals surface area (Å²) in [6, 6.07) is 0. The van der Waals surface area contributed by atoms with Crippen molar-refractivity contribution in [3.05, 3.63) is 0 Å². The van der Waals surface area contributed by atoms with Gasteiger partial charge in [-0.2, -0.15) is 0 Å². The molecule has 0 fully saturated rings. The average molecular weight is 1410 g/mol. The largest absolute Gasteiger partial charge is 0.472 e. The number of hydrogen-bond donors (Lipinski definition) is 3. The summed E-state index contributed by atoms with van der Waals surface area (Å²) in [6.07, 6.45) is 51.5. The van der Waals surface area contributed by atoms with Crippen molar-refractivity contribution < 1.29 is 80.2 Å². The van der Waals surface area contributed by atoms with Gasteiger partial charge in [-0.05, 0) is 49.4 Å². The minimum Gasteiger partial charge on any atom is -0.462 e. The van der Waals surface area contributed by atoms with Crippen LogP contribution in [0.15, 0.2) is 0 Å². The highest BCUT2D eigenvalue weighted by atomic mass is 31.2. The Morgan fingerprint density at radius 1 is 0.260 bits per heavy atom. The molecule has 2 unspecified atom stereocenters. The molecule has 0 amide bonds. The van der Waals surface area contributed by atoms with Crippen LogP contribution in [0.25, 0.3) is 0 Å². The summed E-state index contributed by atoms with van der Waals surface area (Å²) >= 11 is 0. The second-order valence-corrected chi connectivity index (χ2v) is 32.6. The zero-order chi connectivity index (χ0) is 71.0. The monoisotopic (exact) mass is 1410 g/mol. The van der Waals surface area contributed by atoms with Crippen LogP contribution in [0.2, 0.25) is 0 Å². The molecule has 96 heavy (non-hydrogen) atoms. The van der Waals surface area contributed by atoms with Gasteiger partial charge in [-0.25, -0.2) is 9.13 Å². The third kappa shape index (κ3) is 70.5. The number of aliphatic hydroxyl groups excluding tert-OH is 1. The van der Waals surface area contributed by atoms with E-state index in [1.54, 1.807) is 0 Å². The van der Waals surface area contributed by atoms with E-state index in [2.05, 4.69) is 55.4 Å². The first-order chi connectivity index (χ1) is 46.1.